The van der Waals surface area contributed by atoms with Crippen molar-refractivity contribution in [2.45, 2.75) is 25.2 Å². The summed E-state index contributed by atoms with van der Waals surface area (Å²) in [6.07, 6.45) is 1.88. The van der Waals surface area contributed by atoms with Crippen molar-refractivity contribution < 1.29 is 4.74 Å². The molecule has 0 atom stereocenters. The molecule has 0 amide bonds. The van der Waals surface area contributed by atoms with E-state index in [2.05, 4.69) is 6.07 Å². The molecule has 0 radical (unpaired) electrons. The molecule has 0 unspecified atom stereocenters. The number of ether oxygens (including phenoxy) is 1. The topological polar surface area (TPSA) is 59.0 Å². The highest BCUT2D eigenvalue weighted by molar-refractivity contribution is 5.49. The van der Waals surface area contributed by atoms with Crippen LogP contribution in [0.4, 0.5) is 5.69 Å². The van der Waals surface area contributed by atoms with Gasteiger partial charge in [-0.05, 0) is 61.2 Å². The normalized spacial score (nSPS) is 15.4. The largest absolute Gasteiger partial charge is 0.457 e. The second-order valence-corrected chi connectivity index (χ2v) is 5.35. The van der Waals surface area contributed by atoms with Crippen LogP contribution in [0.15, 0.2) is 42.5 Å². The summed E-state index contributed by atoms with van der Waals surface area (Å²) in [7, 11) is 0. The summed E-state index contributed by atoms with van der Waals surface area (Å²) in [5, 5.41) is 9.26. The maximum Gasteiger partial charge on any atom is 0.130 e. The zero-order valence-corrected chi connectivity index (χ0v) is 11.4. The van der Waals surface area contributed by atoms with Gasteiger partial charge in [-0.15, -0.1) is 0 Å². The number of nitrogens with zero attached hydrogens (tertiary/aromatic N) is 1. The average molecular weight is 264 g/mol. The molecule has 3 nitrogen and oxygen atoms in total. The first-order valence-corrected chi connectivity index (χ1v) is 6.69. The fraction of sp³-hybridized carbons (Fsp3) is 0.235. The summed E-state index contributed by atoms with van der Waals surface area (Å²) in [6, 6.07) is 15.8. The fourth-order valence-electron chi connectivity index (χ4n) is 2.36. The molecular weight excluding hydrogens is 248 g/mol. The van der Waals surface area contributed by atoms with Gasteiger partial charge in [-0.3, -0.25) is 0 Å². The maximum atomic E-state index is 9.26. The van der Waals surface area contributed by atoms with Crippen molar-refractivity contribution in [3.63, 3.8) is 0 Å². The second kappa shape index (κ2) is 4.57. The van der Waals surface area contributed by atoms with E-state index in [0.717, 1.165) is 41.2 Å². The molecule has 0 heterocycles. The van der Waals surface area contributed by atoms with Gasteiger partial charge >= 0.3 is 0 Å². The molecule has 1 aliphatic rings. The summed E-state index contributed by atoms with van der Waals surface area (Å²) in [6.45, 7) is 1.97. The van der Waals surface area contributed by atoms with Crippen LogP contribution in [0.2, 0.25) is 0 Å². The Kier molecular flexibility index (Phi) is 2.87. The maximum absolute atomic E-state index is 9.26. The number of nitriles is 1. The lowest BCUT2D eigenvalue weighted by atomic mass is 9.98. The summed E-state index contributed by atoms with van der Waals surface area (Å²) in [5.41, 5.74) is 8.23. The van der Waals surface area contributed by atoms with E-state index in [1.807, 2.05) is 49.4 Å². The third-order valence-electron chi connectivity index (χ3n) is 3.78. The molecular formula is C17H16N2O. The molecule has 2 aromatic rings. The summed E-state index contributed by atoms with van der Waals surface area (Å²) < 4.78 is 5.91. The van der Waals surface area contributed by atoms with E-state index in [1.165, 1.54) is 0 Å². The number of benzene rings is 2. The van der Waals surface area contributed by atoms with Crippen LogP contribution in [0, 0.1) is 18.3 Å². The quantitative estimate of drug-likeness (QED) is 0.854. The molecule has 0 bridgehead atoms. The molecule has 2 N–H and O–H groups in total. The molecule has 2 aromatic carbocycles. The predicted molar refractivity (Wildman–Crippen MR) is 78.6 cm³/mol. The smallest absolute Gasteiger partial charge is 0.130 e. The van der Waals surface area contributed by atoms with Crippen LogP contribution in [0.3, 0.4) is 0 Å². The number of rotatable bonds is 3. The summed E-state index contributed by atoms with van der Waals surface area (Å²) >= 11 is 0. The van der Waals surface area contributed by atoms with E-state index in [9.17, 15) is 5.26 Å². The zero-order valence-electron chi connectivity index (χ0n) is 11.4. The molecule has 1 fully saturated rings. The Bertz CT molecular complexity index is 696. The van der Waals surface area contributed by atoms with E-state index in [1.54, 1.807) is 0 Å². The van der Waals surface area contributed by atoms with Gasteiger partial charge in [0.1, 0.15) is 11.5 Å². The Labute approximate surface area is 118 Å². The van der Waals surface area contributed by atoms with Crippen molar-refractivity contribution in [2.24, 2.45) is 0 Å². The highest BCUT2D eigenvalue weighted by Gasteiger charge is 2.44. The Morgan fingerprint density at radius 2 is 2.00 bits per heavy atom. The van der Waals surface area contributed by atoms with Gasteiger partial charge < -0.3 is 10.5 Å². The van der Waals surface area contributed by atoms with Gasteiger partial charge in [-0.2, -0.15) is 5.26 Å². The van der Waals surface area contributed by atoms with Crippen molar-refractivity contribution in [2.75, 3.05) is 5.73 Å². The Hall–Kier alpha value is -2.47. The summed E-state index contributed by atoms with van der Waals surface area (Å²) in [4.78, 5) is 0. The lowest BCUT2D eigenvalue weighted by Crippen LogP contribution is -2.02. The van der Waals surface area contributed by atoms with Gasteiger partial charge in [0, 0.05) is 5.69 Å². The van der Waals surface area contributed by atoms with Gasteiger partial charge in [0.2, 0.25) is 0 Å². The van der Waals surface area contributed by atoms with Crippen LogP contribution in [-0.2, 0) is 5.41 Å². The Balaban J connectivity index is 1.88. The number of anilines is 1. The van der Waals surface area contributed by atoms with Gasteiger partial charge in [-0.25, -0.2) is 0 Å². The Morgan fingerprint density at radius 1 is 1.20 bits per heavy atom. The number of hydrogen-bond acceptors (Lipinski definition) is 3. The van der Waals surface area contributed by atoms with Gasteiger partial charge in [-0.1, -0.05) is 12.1 Å². The fourth-order valence-corrected chi connectivity index (χ4v) is 2.36. The SMILES string of the molecule is Cc1cc(N)ccc1Oc1cccc(C2(C#N)CC2)c1. The van der Waals surface area contributed by atoms with Crippen molar-refractivity contribution in [3.05, 3.63) is 53.6 Å². The van der Waals surface area contributed by atoms with Crippen molar-refractivity contribution in [1.29, 1.82) is 5.26 Å². The molecule has 20 heavy (non-hydrogen) atoms. The first-order chi connectivity index (χ1) is 9.63. The third-order valence-corrected chi connectivity index (χ3v) is 3.78. The highest BCUT2D eigenvalue weighted by Crippen LogP contribution is 2.48. The number of aryl methyl sites for hydroxylation is 1. The van der Waals surface area contributed by atoms with Crippen LogP contribution in [0.5, 0.6) is 11.5 Å². The second-order valence-electron chi connectivity index (χ2n) is 5.35. The van der Waals surface area contributed by atoms with Gasteiger partial charge in [0.05, 0.1) is 11.5 Å². The number of hydrogen-bond donors (Lipinski definition) is 1. The van der Waals surface area contributed by atoms with Crippen LogP contribution >= 0.6 is 0 Å². The first kappa shape index (κ1) is 12.6. The van der Waals surface area contributed by atoms with Crippen LogP contribution in [-0.4, -0.2) is 0 Å². The standard InChI is InChI=1S/C17H16N2O/c1-12-9-14(19)5-6-16(12)20-15-4-2-3-13(10-15)17(11-18)7-8-17/h2-6,9-10H,7-8,19H2,1H3. The van der Waals surface area contributed by atoms with Gasteiger partial charge in [0.15, 0.2) is 0 Å². The molecule has 0 aromatic heterocycles. The van der Waals surface area contributed by atoms with Crippen LogP contribution in [0.1, 0.15) is 24.0 Å². The molecule has 1 saturated carbocycles. The van der Waals surface area contributed by atoms with Crippen molar-refractivity contribution in [3.8, 4) is 17.6 Å². The third kappa shape index (κ3) is 2.21. The van der Waals surface area contributed by atoms with E-state index in [0.29, 0.717) is 0 Å². The van der Waals surface area contributed by atoms with E-state index in [4.69, 9.17) is 10.5 Å². The molecule has 0 aliphatic heterocycles. The van der Waals surface area contributed by atoms with Gasteiger partial charge in [0.25, 0.3) is 0 Å². The van der Waals surface area contributed by atoms with E-state index >= 15 is 0 Å². The molecule has 0 spiro atoms. The zero-order chi connectivity index (χ0) is 14.2. The lowest BCUT2D eigenvalue weighted by Gasteiger charge is -2.12. The minimum absolute atomic E-state index is 0.282. The first-order valence-electron chi connectivity index (χ1n) is 6.69. The Morgan fingerprint density at radius 3 is 2.65 bits per heavy atom. The van der Waals surface area contributed by atoms with E-state index in [-0.39, 0.29) is 5.41 Å². The van der Waals surface area contributed by atoms with Crippen LogP contribution in [0.25, 0.3) is 0 Å². The van der Waals surface area contributed by atoms with Crippen LogP contribution < -0.4 is 10.5 Å². The number of nitrogens with two attached hydrogens (primary N) is 1. The lowest BCUT2D eigenvalue weighted by molar-refractivity contribution is 0.478. The molecule has 1 aliphatic carbocycles. The van der Waals surface area contributed by atoms with Crippen molar-refractivity contribution in [1.82, 2.24) is 0 Å². The molecule has 0 saturated heterocycles. The summed E-state index contributed by atoms with van der Waals surface area (Å²) in [5.74, 6) is 1.55. The highest BCUT2D eigenvalue weighted by atomic mass is 16.5. The molecule has 3 rings (SSSR count). The van der Waals surface area contributed by atoms with Crippen molar-refractivity contribution >= 4 is 5.69 Å². The molecule has 3 heteroatoms. The molecule has 100 valence electrons. The minimum atomic E-state index is -0.282. The monoisotopic (exact) mass is 264 g/mol. The number of nitrogen functional groups attached to an aromatic ring is 1. The predicted octanol–water partition coefficient (Wildman–Crippen LogP) is 3.92. The van der Waals surface area contributed by atoms with E-state index < -0.39 is 0 Å². The average Bonchev–Trinajstić information content (AvgIpc) is 3.23. The minimum Gasteiger partial charge on any atom is -0.457 e.